The van der Waals surface area contributed by atoms with Crippen LogP contribution in [0.15, 0.2) is 72.3 Å². The maximum atomic E-state index is 13.3. The van der Waals surface area contributed by atoms with Crippen LogP contribution in [-0.4, -0.2) is 17.8 Å². The summed E-state index contributed by atoms with van der Waals surface area (Å²) in [4.78, 5) is 39.4. The third-order valence-corrected chi connectivity index (χ3v) is 6.05. The minimum absolute atomic E-state index is 0.170. The zero-order chi connectivity index (χ0) is 24.2. The first kappa shape index (κ1) is 23.5. The Labute approximate surface area is 206 Å². The summed E-state index contributed by atoms with van der Waals surface area (Å²) in [6.07, 6.45) is 2.04. The molecule has 1 N–H and O–H groups in total. The number of barbiturate groups is 1. The molecule has 34 heavy (non-hydrogen) atoms. The molecule has 8 heteroatoms. The number of nitrogens with one attached hydrogen (secondary N) is 1. The summed E-state index contributed by atoms with van der Waals surface area (Å²) in [7, 11) is 0. The zero-order valence-corrected chi connectivity index (χ0v) is 19.7. The highest BCUT2D eigenvalue weighted by Crippen LogP contribution is 2.29. The first-order valence-corrected chi connectivity index (χ1v) is 11.3. The normalized spacial score (nSPS) is 15.0. The van der Waals surface area contributed by atoms with Crippen LogP contribution in [0.25, 0.3) is 6.08 Å². The fourth-order valence-corrected chi connectivity index (χ4v) is 3.90. The molecule has 4 rings (SSSR count). The third kappa shape index (κ3) is 4.83. The van der Waals surface area contributed by atoms with E-state index < -0.39 is 17.8 Å². The standard InChI is InChI=1S/C26H20Cl2N2O4/c1-2-17-7-3-5-9-22(17)30-25(32)19(24(31)29-26(30)33)14-18-8-4-6-10-23(18)34-15-16-11-12-20(27)21(28)13-16/h3-14H,2,15H2,1H3,(H,29,31,33)/b19-14-. The van der Waals surface area contributed by atoms with E-state index in [2.05, 4.69) is 5.32 Å². The van der Waals surface area contributed by atoms with Gasteiger partial charge in [0.1, 0.15) is 17.9 Å². The molecule has 0 spiro atoms. The molecule has 0 bridgehead atoms. The van der Waals surface area contributed by atoms with Gasteiger partial charge in [0.15, 0.2) is 0 Å². The van der Waals surface area contributed by atoms with Gasteiger partial charge < -0.3 is 4.74 Å². The van der Waals surface area contributed by atoms with Gasteiger partial charge in [0.25, 0.3) is 11.8 Å². The van der Waals surface area contributed by atoms with E-state index in [0.29, 0.717) is 33.5 Å². The highest BCUT2D eigenvalue weighted by Gasteiger charge is 2.37. The van der Waals surface area contributed by atoms with E-state index in [-0.39, 0.29) is 12.2 Å². The molecule has 1 saturated heterocycles. The van der Waals surface area contributed by atoms with Gasteiger partial charge in [-0.05, 0) is 47.9 Å². The number of aryl methyl sites for hydroxylation is 1. The third-order valence-electron chi connectivity index (χ3n) is 5.31. The fraction of sp³-hybridized carbons (Fsp3) is 0.115. The van der Waals surface area contributed by atoms with Gasteiger partial charge >= 0.3 is 6.03 Å². The number of carbonyl (C=O) groups is 3. The lowest BCUT2D eigenvalue weighted by molar-refractivity contribution is -0.122. The van der Waals surface area contributed by atoms with Crippen molar-refractivity contribution < 1.29 is 19.1 Å². The number of benzene rings is 3. The summed E-state index contributed by atoms with van der Waals surface area (Å²) in [6, 6.07) is 18.5. The van der Waals surface area contributed by atoms with Crippen molar-refractivity contribution in [3.8, 4) is 5.75 Å². The Morgan fingerprint density at radius 3 is 2.44 bits per heavy atom. The second-order valence-corrected chi connectivity index (χ2v) is 8.33. The second-order valence-electron chi connectivity index (χ2n) is 7.52. The molecule has 4 amide bonds. The van der Waals surface area contributed by atoms with Gasteiger partial charge in [0.2, 0.25) is 0 Å². The van der Waals surface area contributed by atoms with Crippen LogP contribution < -0.4 is 15.0 Å². The summed E-state index contributed by atoms with van der Waals surface area (Å²) in [5, 5.41) is 3.12. The van der Waals surface area contributed by atoms with Crippen molar-refractivity contribution >= 4 is 52.8 Å². The molecule has 0 aromatic heterocycles. The maximum absolute atomic E-state index is 13.3. The average molecular weight is 495 g/mol. The van der Waals surface area contributed by atoms with Gasteiger partial charge in [-0.3, -0.25) is 14.9 Å². The van der Waals surface area contributed by atoms with Crippen LogP contribution in [0.1, 0.15) is 23.6 Å². The lowest BCUT2D eigenvalue weighted by Gasteiger charge is -2.28. The largest absolute Gasteiger partial charge is 0.488 e. The van der Waals surface area contributed by atoms with E-state index in [1.165, 1.54) is 6.08 Å². The van der Waals surface area contributed by atoms with Gasteiger partial charge in [-0.15, -0.1) is 0 Å². The van der Waals surface area contributed by atoms with Gasteiger partial charge in [-0.1, -0.05) is 72.6 Å². The van der Waals surface area contributed by atoms with Gasteiger partial charge in [0.05, 0.1) is 15.7 Å². The summed E-state index contributed by atoms with van der Waals surface area (Å²) >= 11 is 12.0. The van der Waals surface area contributed by atoms with Crippen molar-refractivity contribution in [2.75, 3.05) is 4.90 Å². The molecule has 172 valence electrons. The number of nitrogens with zero attached hydrogens (tertiary/aromatic N) is 1. The highest BCUT2D eigenvalue weighted by atomic mass is 35.5. The number of hydrogen-bond donors (Lipinski definition) is 1. The lowest BCUT2D eigenvalue weighted by Crippen LogP contribution is -2.54. The topological polar surface area (TPSA) is 75.7 Å². The van der Waals surface area contributed by atoms with Crippen LogP contribution in [0.4, 0.5) is 10.5 Å². The van der Waals surface area contributed by atoms with Crippen molar-refractivity contribution in [3.63, 3.8) is 0 Å². The van der Waals surface area contributed by atoms with Crippen LogP contribution in [0.3, 0.4) is 0 Å². The molecular formula is C26H20Cl2N2O4. The Bertz CT molecular complexity index is 1320. The molecule has 1 fully saturated rings. The van der Waals surface area contributed by atoms with Crippen molar-refractivity contribution in [1.29, 1.82) is 0 Å². The monoisotopic (exact) mass is 494 g/mol. The molecule has 0 atom stereocenters. The number of ether oxygens (including phenoxy) is 1. The highest BCUT2D eigenvalue weighted by molar-refractivity contribution is 6.42. The van der Waals surface area contributed by atoms with Gasteiger partial charge in [-0.25, -0.2) is 9.69 Å². The molecule has 0 saturated carbocycles. The first-order valence-electron chi connectivity index (χ1n) is 10.5. The molecule has 1 aliphatic rings. The SMILES string of the molecule is CCc1ccccc1N1C(=O)NC(=O)/C(=C/c2ccccc2OCc2ccc(Cl)c(Cl)c2)C1=O. The second kappa shape index (κ2) is 10.1. The molecule has 6 nitrogen and oxygen atoms in total. The number of anilines is 1. The maximum Gasteiger partial charge on any atom is 0.335 e. The Hall–Kier alpha value is -3.61. The van der Waals surface area contributed by atoms with E-state index in [1.54, 1.807) is 54.6 Å². The van der Waals surface area contributed by atoms with Crippen molar-refractivity contribution in [2.24, 2.45) is 0 Å². The summed E-state index contributed by atoms with van der Waals surface area (Å²) < 4.78 is 5.93. The predicted molar refractivity (Wildman–Crippen MR) is 132 cm³/mol. The van der Waals surface area contributed by atoms with Crippen molar-refractivity contribution in [3.05, 3.63) is 99.0 Å². The number of amides is 4. The Kier molecular flexibility index (Phi) is 7.01. The van der Waals surface area contributed by atoms with Crippen LogP contribution >= 0.6 is 23.2 Å². The van der Waals surface area contributed by atoms with Gasteiger partial charge in [0, 0.05) is 5.56 Å². The number of carbonyl (C=O) groups excluding carboxylic acids is 3. The van der Waals surface area contributed by atoms with E-state index in [9.17, 15) is 14.4 Å². The van der Waals surface area contributed by atoms with Crippen LogP contribution in [0.2, 0.25) is 10.0 Å². The molecule has 3 aromatic rings. The van der Waals surface area contributed by atoms with Crippen LogP contribution in [0.5, 0.6) is 5.75 Å². The first-order chi connectivity index (χ1) is 16.4. The fourth-order valence-electron chi connectivity index (χ4n) is 3.58. The molecule has 0 aliphatic carbocycles. The number of hydrogen-bond acceptors (Lipinski definition) is 4. The number of halogens is 2. The van der Waals surface area contributed by atoms with Crippen molar-refractivity contribution in [1.82, 2.24) is 5.32 Å². The predicted octanol–water partition coefficient (Wildman–Crippen LogP) is 5.80. The van der Waals surface area contributed by atoms with Crippen molar-refractivity contribution in [2.45, 2.75) is 20.0 Å². The van der Waals surface area contributed by atoms with Gasteiger partial charge in [-0.2, -0.15) is 0 Å². The minimum Gasteiger partial charge on any atom is -0.488 e. The van der Waals surface area contributed by atoms with E-state index >= 15 is 0 Å². The van der Waals surface area contributed by atoms with E-state index in [0.717, 1.165) is 16.0 Å². The number of urea groups is 1. The smallest absolute Gasteiger partial charge is 0.335 e. The Morgan fingerprint density at radius 1 is 0.941 bits per heavy atom. The molecule has 1 heterocycles. The van der Waals surface area contributed by atoms with Crippen LogP contribution in [0, 0.1) is 0 Å². The van der Waals surface area contributed by atoms with Crippen LogP contribution in [-0.2, 0) is 22.6 Å². The Balaban J connectivity index is 1.65. The van der Waals surface area contributed by atoms with E-state index in [1.807, 2.05) is 19.1 Å². The van der Waals surface area contributed by atoms with E-state index in [4.69, 9.17) is 27.9 Å². The minimum atomic E-state index is -0.780. The number of rotatable bonds is 6. The molecule has 0 unspecified atom stereocenters. The zero-order valence-electron chi connectivity index (χ0n) is 18.2. The quantitative estimate of drug-likeness (QED) is 0.347. The summed E-state index contributed by atoms with van der Waals surface area (Å²) in [5.41, 5.74) is 2.40. The lowest BCUT2D eigenvalue weighted by atomic mass is 10.0. The molecule has 0 radical (unpaired) electrons. The summed E-state index contributed by atoms with van der Waals surface area (Å²) in [6.45, 7) is 2.13. The number of imide groups is 2. The molecular weight excluding hydrogens is 475 g/mol. The summed E-state index contributed by atoms with van der Waals surface area (Å²) in [5.74, 6) is -1.01. The molecule has 3 aromatic carbocycles. The number of para-hydroxylation sites is 2. The molecule has 1 aliphatic heterocycles. The Morgan fingerprint density at radius 2 is 1.68 bits per heavy atom. The average Bonchev–Trinajstić information content (AvgIpc) is 2.83.